The molecule has 1 atom stereocenters. The number of likely N-dealkylation sites (tertiary alicyclic amines) is 1. The second kappa shape index (κ2) is 8.46. The van der Waals surface area contributed by atoms with Crippen molar-refractivity contribution in [2.45, 2.75) is 57.4 Å². The number of nitrogens with zero attached hydrogens (tertiary/aromatic N) is 1. The summed E-state index contributed by atoms with van der Waals surface area (Å²) < 4.78 is 5.31. The molecule has 136 valence electrons. The summed E-state index contributed by atoms with van der Waals surface area (Å²) >= 11 is 0. The van der Waals surface area contributed by atoms with Crippen LogP contribution in [0.4, 0.5) is 0 Å². The number of amides is 2. The van der Waals surface area contributed by atoms with Crippen LogP contribution in [0.15, 0.2) is 0 Å². The molecule has 2 N–H and O–H groups in total. The van der Waals surface area contributed by atoms with Crippen LogP contribution in [0.1, 0.15) is 51.9 Å². The highest BCUT2D eigenvalue weighted by atomic mass is 16.5. The summed E-state index contributed by atoms with van der Waals surface area (Å²) in [4.78, 5) is 37.7. The van der Waals surface area contributed by atoms with Gasteiger partial charge in [-0.3, -0.25) is 14.4 Å². The van der Waals surface area contributed by atoms with E-state index in [9.17, 15) is 19.5 Å². The van der Waals surface area contributed by atoms with Gasteiger partial charge in [-0.1, -0.05) is 6.92 Å². The molecule has 2 fully saturated rings. The highest BCUT2D eigenvalue weighted by Gasteiger charge is 2.39. The first-order valence-corrected chi connectivity index (χ1v) is 8.85. The normalized spacial score (nSPS) is 23.5. The van der Waals surface area contributed by atoms with Gasteiger partial charge in [0.15, 0.2) is 0 Å². The van der Waals surface area contributed by atoms with E-state index in [-0.39, 0.29) is 24.2 Å². The fourth-order valence-electron chi connectivity index (χ4n) is 3.55. The van der Waals surface area contributed by atoms with Gasteiger partial charge in [-0.25, -0.2) is 0 Å². The molecule has 2 heterocycles. The molecule has 2 aliphatic heterocycles. The Hall–Kier alpha value is -1.63. The number of carboxylic acid groups (broad SMARTS) is 1. The van der Waals surface area contributed by atoms with Crippen molar-refractivity contribution in [3.05, 3.63) is 0 Å². The van der Waals surface area contributed by atoms with Crippen molar-refractivity contribution in [2.24, 2.45) is 5.92 Å². The fourth-order valence-corrected chi connectivity index (χ4v) is 3.55. The molecule has 0 saturated carbocycles. The second-order valence-electron chi connectivity index (χ2n) is 6.88. The standard InChI is InChI=1S/C17H28N2O5/c1-2-4-14(20)19-8-3-5-13(12-19)16(23)18-17(11-15(21)22)6-9-24-10-7-17/h13H,2-12H2,1H3,(H,18,23)(H,21,22). The summed E-state index contributed by atoms with van der Waals surface area (Å²) in [5.41, 5.74) is -0.725. The zero-order valence-corrected chi connectivity index (χ0v) is 14.4. The summed E-state index contributed by atoms with van der Waals surface area (Å²) in [7, 11) is 0. The van der Waals surface area contributed by atoms with Crippen molar-refractivity contribution >= 4 is 17.8 Å². The smallest absolute Gasteiger partial charge is 0.305 e. The Balaban J connectivity index is 1.98. The summed E-state index contributed by atoms with van der Waals surface area (Å²) in [5, 5.41) is 12.2. The zero-order valence-electron chi connectivity index (χ0n) is 14.4. The lowest BCUT2D eigenvalue weighted by molar-refractivity contribution is -0.141. The van der Waals surface area contributed by atoms with Gasteiger partial charge in [0.05, 0.1) is 17.9 Å². The number of ether oxygens (including phenoxy) is 1. The average molecular weight is 340 g/mol. The molecule has 0 aromatic rings. The number of carboxylic acids is 1. The largest absolute Gasteiger partial charge is 0.481 e. The lowest BCUT2D eigenvalue weighted by atomic mass is 9.85. The minimum atomic E-state index is -0.916. The maximum Gasteiger partial charge on any atom is 0.305 e. The van der Waals surface area contributed by atoms with Crippen LogP contribution in [-0.2, 0) is 19.1 Å². The number of hydrogen-bond donors (Lipinski definition) is 2. The number of aliphatic carboxylic acids is 1. The summed E-state index contributed by atoms with van der Waals surface area (Å²) in [5.74, 6) is -1.21. The maximum absolute atomic E-state index is 12.7. The monoisotopic (exact) mass is 340 g/mol. The summed E-state index contributed by atoms with van der Waals surface area (Å²) in [6.07, 6.45) is 3.78. The van der Waals surface area contributed by atoms with Crippen LogP contribution in [0.3, 0.4) is 0 Å². The van der Waals surface area contributed by atoms with E-state index in [0.717, 1.165) is 19.3 Å². The molecule has 0 aromatic heterocycles. The quantitative estimate of drug-likeness (QED) is 0.756. The third-order valence-corrected chi connectivity index (χ3v) is 4.94. The van der Waals surface area contributed by atoms with Crippen LogP contribution in [0.5, 0.6) is 0 Å². The number of carbonyl (C=O) groups excluding carboxylic acids is 2. The highest BCUT2D eigenvalue weighted by molar-refractivity contribution is 5.82. The van der Waals surface area contributed by atoms with Crippen molar-refractivity contribution in [3.63, 3.8) is 0 Å². The Morgan fingerprint density at radius 3 is 2.62 bits per heavy atom. The Morgan fingerprint density at radius 1 is 1.29 bits per heavy atom. The number of nitrogens with one attached hydrogen (secondary N) is 1. The topological polar surface area (TPSA) is 95.9 Å². The second-order valence-corrected chi connectivity index (χ2v) is 6.88. The summed E-state index contributed by atoms with van der Waals surface area (Å²) in [6.45, 7) is 4.02. The summed E-state index contributed by atoms with van der Waals surface area (Å²) in [6, 6.07) is 0. The third-order valence-electron chi connectivity index (χ3n) is 4.94. The molecule has 2 amide bonds. The third kappa shape index (κ3) is 4.93. The van der Waals surface area contributed by atoms with E-state index in [1.807, 2.05) is 6.92 Å². The van der Waals surface area contributed by atoms with Crippen LogP contribution in [0.25, 0.3) is 0 Å². The van der Waals surface area contributed by atoms with Crippen LogP contribution in [0.2, 0.25) is 0 Å². The lowest BCUT2D eigenvalue weighted by Gasteiger charge is -2.39. The van der Waals surface area contributed by atoms with Gasteiger partial charge in [0.25, 0.3) is 0 Å². The van der Waals surface area contributed by atoms with Crippen LogP contribution >= 0.6 is 0 Å². The van der Waals surface area contributed by atoms with Crippen molar-refractivity contribution in [2.75, 3.05) is 26.3 Å². The average Bonchev–Trinajstić information content (AvgIpc) is 2.55. The minimum absolute atomic E-state index is 0.0900. The molecule has 2 saturated heterocycles. The predicted octanol–water partition coefficient (Wildman–Crippen LogP) is 1.17. The molecule has 0 aromatic carbocycles. The molecule has 0 bridgehead atoms. The van der Waals surface area contributed by atoms with E-state index in [4.69, 9.17) is 4.74 Å². The molecule has 2 rings (SSSR count). The molecular weight excluding hydrogens is 312 g/mol. The number of rotatable bonds is 6. The SMILES string of the molecule is CCCC(=O)N1CCCC(C(=O)NC2(CC(=O)O)CCOCC2)C1. The van der Waals surface area contributed by atoms with E-state index in [2.05, 4.69) is 5.32 Å². The number of carbonyl (C=O) groups is 3. The van der Waals surface area contributed by atoms with Gasteiger partial charge < -0.3 is 20.1 Å². The first kappa shape index (κ1) is 18.7. The first-order valence-electron chi connectivity index (χ1n) is 8.85. The Labute approximate surface area is 142 Å². The van der Waals surface area contributed by atoms with Gasteiger partial charge in [-0.05, 0) is 32.1 Å². The van der Waals surface area contributed by atoms with Gasteiger partial charge in [0.2, 0.25) is 11.8 Å². The van der Waals surface area contributed by atoms with Crippen LogP contribution in [-0.4, -0.2) is 59.6 Å². The molecule has 24 heavy (non-hydrogen) atoms. The molecule has 0 spiro atoms. The van der Waals surface area contributed by atoms with Gasteiger partial charge >= 0.3 is 5.97 Å². The first-order chi connectivity index (χ1) is 11.5. The molecule has 0 aliphatic carbocycles. The zero-order chi connectivity index (χ0) is 17.6. The van der Waals surface area contributed by atoms with Gasteiger partial charge in [-0.2, -0.15) is 0 Å². The lowest BCUT2D eigenvalue weighted by Crippen LogP contribution is -2.56. The van der Waals surface area contributed by atoms with Crippen molar-refractivity contribution < 1.29 is 24.2 Å². The van der Waals surface area contributed by atoms with Gasteiger partial charge in [-0.15, -0.1) is 0 Å². The van der Waals surface area contributed by atoms with E-state index in [0.29, 0.717) is 45.6 Å². The van der Waals surface area contributed by atoms with Crippen molar-refractivity contribution in [3.8, 4) is 0 Å². The van der Waals surface area contributed by atoms with E-state index in [1.54, 1.807) is 4.90 Å². The van der Waals surface area contributed by atoms with Crippen LogP contribution < -0.4 is 5.32 Å². The number of piperidine rings is 1. The van der Waals surface area contributed by atoms with Crippen molar-refractivity contribution in [1.82, 2.24) is 10.2 Å². The Kier molecular flexibility index (Phi) is 6.60. The van der Waals surface area contributed by atoms with Crippen molar-refractivity contribution in [1.29, 1.82) is 0 Å². The van der Waals surface area contributed by atoms with E-state index in [1.165, 1.54) is 0 Å². The number of hydrogen-bond acceptors (Lipinski definition) is 4. The highest BCUT2D eigenvalue weighted by Crippen LogP contribution is 2.26. The Bertz CT molecular complexity index is 474. The van der Waals surface area contributed by atoms with E-state index < -0.39 is 11.5 Å². The maximum atomic E-state index is 12.7. The van der Waals surface area contributed by atoms with E-state index >= 15 is 0 Å². The molecule has 7 nitrogen and oxygen atoms in total. The Morgan fingerprint density at radius 2 is 2.00 bits per heavy atom. The minimum Gasteiger partial charge on any atom is -0.481 e. The van der Waals surface area contributed by atoms with Gasteiger partial charge in [0.1, 0.15) is 0 Å². The molecule has 2 aliphatic rings. The molecular formula is C17H28N2O5. The predicted molar refractivity (Wildman–Crippen MR) is 87.4 cm³/mol. The fraction of sp³-hybridized carbons (Fsp3) is 0.824. The van der Waals surface area contributed by atoms with Gasteiger partial charge in [0, 0.05) is 32.7 Å². The molecule has 7 heteroatoms. The molecule has 0 radical (unpaired) electrons. The van der Waals surface area contributed by atoms with Crippen LogP contribution in [0, 0.1) is 5.92 Å². The molecule has 1 unspecified atom stereocenters.